The highest BCUT2D eigenvalue weighted by Crippen LogP contribution is 2.15. The zero-order valence-electron chi connectivity index (χ0n) is 14.7. The third-order valence-electron chi connectivity index (χ3n) is 3.49. The van der Waals surface area contributed by atoms with Crippen molar-refractivity contribution >= 4 is 17.9 Å². The second-order valence-corrected chi connectivity index (χ2v) is 6.00. The van der Waals surface area contributed by atoms with E-state index in [-0.39, 0.29) is 24.4 Å². The van der Waals surface area contributed by atoms with Crippen molar-refractivity contribution in [3.8, 4) is 5.75 Å². The summed E-state index contributed by atoms with van der Waals surface area (Å²) < 4.78 is 15.3. The van der Waals surface area contributed by atoms with Crippen molar-refractivity contribution in [3.63, 3.8) is 0 Å². The van der Waals surface area contributed by atoms with Gasteiger partial charge in [0, 0.05) is 6.92 Å². The van der Waals surface area contributed by atoms with Crippen LogP contribution in [0.15, 0.2) is 24.3 Å². The first-order valence-corrected chi connectivity index (χ1v) is 7.86. The van der Waals surface area contributed by atoms with Gasteiger partial charge in [-0.05, 0) is 37.1 Å². The van der Waals surface area contributed by atoms with Crippen LogP contribution in [0.25, 0.3) is 0 Å². The van der Waals surface area contributed by atoms with Crippen molar-refractivity contribution in [3.05, 3.63) is 29.8 Å². The summed E-state index contributed by atoms with van der Waals surface area (Å²) in [6.07, 6.45) is -0.561. The second-order valence-electron chi connectivity index (χ2n) is 6.00. The number of benzene rings is 1. The molecule has 2 atom stereocenters. The van der Waals surface area contributed by atoms with Gasteiger partial charge in [0.1, 0.15) is 18.5 Å². The normalized spacial score (nSPS) is 13.1. The van der Waals surface area contributed by atoms with Gasteiger partial charge in [-0.3, -0.25) is 9.59 Å². The summed E-state index contributed by atoms with van der Waals surface area (Å²) in [6, 6.07) is 6.01. The van der Waals surface area contributed by atoms with E-state index in [9.17, 15) is 14.4 Å². The maximum atomic E-state index is 12.0. The fourth-order valence-corrected chi connectivity index (χ4v) is 1.71. The lowest BCUT2D eigenvalue weighted by molar-refractivity contribution is -0.152. The van der Waals surface area contributed by atoms with Gasteiger partial charge in [-0.2, -0.15) is 0 Å². The minimum Gasteiger partial charge on any atom is -0.462 e. The van der Waals surface area contributed by atoms with Gasteiger partial charge in [0.2, 0.25) is 0 Å². The van der Waals surface area contributed by atoms with Crippen molar-refractivity contribution in [2.45, 2.75) is 40.7 Å². The van der Waals surface area contributed by atoms with Gasteiger partial charge in [-0.1, -0.05) is 20.8 Å². The molecule has 1 rings (SSSR count). The summed E-state index contributed by atoms with van der Waals surface area (Å²) >= 11 is 0. The Hall–Kier alpha value is -2.37. The Labute approximate surface area is 142 Å². The molecule has 0 saturated heterocycles. The number of carbonyl (C=O) groups excluding carboxylic acids is 3. The third kappa shape index (κ3) is 6.40. The molecule has 1 unspecified atom stereocenters. The summed E-state index contributed by atoms with van der Waals surface area (Å²) in [7, 11) is 0. The third-order valence-corrected chi connectivity index (χ3v) is 3.49. The van der Waals surface area contributed by atoms with Crippen LogP contribution in [0, 0.1) is 11.8 Å². The molecule has 0 N–H and O–H groups in total. The van der Waals surface area contributed by atoms with Gasteiger partial charge in [0.25, 0.3) is 0 Å². The summed E-state index contributed by atoms with van der Waals surface area (Å²) in [5.74, 6) is -0.948. The quantitative estimate of drug-likeness (QED) is 0.562. The zero-order chi connectivity index (χ0) is 18.3. The molecule has 0 amide bonds. The van der Waals surface area contributed by atoms with E-state index in [2.05, 4.69) is 0 Å². The van der Waals surface area contributed by atoms with Crippen molar-refractivity contribution in [1.29, 1.82) is 0 Å². The molecule has 0 radical (unpaired) electrons. The Kier molecular flexibility index (Phi) is 7.42. The Balaban J connectivity index is 2.49. The molecular weight excluding hydrogens is 312 g/mol. The number of hydrogen-bond donors (Lipinski definition) is 0. The highest BCUT2D eigenvalue weighted by atomic mass is 16.6. The predicted molar refractivity (Wildman–Crippen MR) is 87.6 cm³/mol. The molecule has 6 heteroatoms. The molecule has 0 spiro atoms. The van der Waals surface area contributed by atoms with Gasteiger partial charge in [0.05, 0.1) is 11.5 Å². The topological polar surface area (TPSA) is 78.9 Å². The molecule has 0 aliphatic heterocycles. The monoisotopic (exact) mass is 336 g/mol. The average Bonchev–Trinajstić information content (AvgIpc) is 2.51. The van der Waals surface area contributed by atoms with Crippen LogP contribution in [0.2, 0.25) is 0 Å². The molecular formula is C18H24O6. The van der Waals surface area contributed by atoms with Crippen LogP contribution < -0.4 is 4.74 Å². The highest BCUT2D eigenvalue weighted by molar-refractivity contribution is 5.89. The summed E-state index contributed by atoms with van der Waals surface area (Å²) in [4.78, 5) is 34.6. The average molecular weight is 336 g/mol. The van der Waals surface area contributed by atoms with E-state index >= 15 is 0 Å². The summed E-state index contributed by atoms with van der Waals surface area (Å²) in [5, 5.41) is 0. The number of rotatable bonds is 7. The Bertz CT molecular complexity index is 576. The predicted octanol–water partition coefficient (Wildman–Crippen LogP) is 2.99. The van der Waals surface area contributed by atoms with Crippen molar-refractivity contribution in [2.24, 2.45) is 11.8 Å². The molecule has 0 heterocycles. The zero-order valence-corrected chi connectivity index (χ0v) is 14.7. The lowest BCUT2D eigenvalue weighted by Gasteiger charge is -2.17. The number of esters is 3. The number of ether oxygens (including phenoxy) is 3. The lowest BCUT2D eigenvalue weighted by atomic mass is 9.99. The van der Waals surface area contributed by atoms with Gasteiger partial charge in [-0.15, -0.1) is 0 Å². The van der Waals surface area contributed by atoms with Crippen molar-refractivity contribution < 1.29 is 28.6 Å². The fraction of sp³-hybridized carbons (Fsp3) is 0.500. The minimum atomic E-state index is -0.561. The highest BCUT2D eigenvalue weighted by Gasteiger charge is 2.20. The summed E-state index contributed by atoms with van der Waals surface area (Å²) in [5.41, 5.74) is 0.319. The van der Waals surface area contributed by atoms with Gasteiger partial charge >= 0.3 is 17.9 Å². The maximum absolute atomic E-state index is 12.0. The lowest BCUT2D eigenvalue weighted by Crippen LogP contribution is -2.26. The van der Waals surface area contributed by atoms with Crippen molar-refractivity contribution in [1.82, 2.24) is 0 Å². The molecule has 24 heavy (non-hydrogen) atoms. The first-order chi connectivity index (χ1) is 11.2. The molecule has 0 saturated carbocycles. The van der Waals surface area contributed by atoms with Gasteiger partial charge < -0.3 is 14.2 Å². The smallest absolute Gasteiger partial charge is 0.338 e. The van der Waals surface area contributed by atoms with E-state index in [1.807, 2.05) is 13.8 Å². The molecule has 0 bridgehead atoms. The van der Waals surface area contributed by atoms with Crippen LogP contribution in [0.5, 0.6) is 5.75 Å². The Morgan fingerprint density at radius 2 is 1.58 bits per heavy atom. The maximum Gasteiger partial charge on any atom is 0.338 e. The van der Waals surface area contributed by atoms with Crippen LogP contribution in [0.4, 0.5) is 0 Å². The van der Waals surface area contributed by atoms with E-state index in [1.165, 1.54) is 31.2 Å². The number of carbonyl (C=O) groups is 3. The molecule has 0 aliphatic rings. The first kappa shape index (κ1) is 19.7. The van der Waals surface area contributed by atoms with E-state index in [0.29, 0.717) is 11.3 Å². The molecule has 1 aromatic rings. The van der Waals surface area contributed by atoms with Crippen LogP contribution in [0.3, 0.4) is 0 Å². The Morgan fingerprint density at radius 3 is 2.08 bits per heavy atom. The van der Waals surface area contributed by atoms with E-state index in [1.54, 1.807) is 13.8 Å². The van der Waals surface area contributed by atoms with E-state index in [4.69, 9.17) is 14.2 Å². The fourth-order valence-electron chi connectivity index (χ4n) is 1.71. The van der Waals surface area contributed by atoms with Gasteiger partial charge in [0.15, 0.2) is 0 Å². The van der Waals surface area contributed by atoms with Crippen LogP contribution in [-0.2, 0) is 19.1 Å². The largest absolute Gasteiger partial charge is 0.462 e. The van der Waals surface area contributed by atoms with Crippen molar-refractivity contribution in [2.75, 3.05) is 6.61 Å². The SMILES string of the molecule is CC(=O)Oc1ccc(C(=O)OC(C)COC(=O)[C@@H](C)C(C)C)cc1. The van der Waals surface area contributed by atoms with Crippen LogP contribution in [0.1, 0.15) is 45.0 Å². The van der Waals surface area contributed by atoms with E-state index < -0.39 is 18.0 Å². The standard InChI is InChI=1S/C18H24O6/c1-11(2)13(4)17(20)22-10-12(3)23-18(21)15-6-8-16(9-7-15)24-14(5)19/h6-9,11-13H,10H2,1-5H3/t12?,13-/m0/s1. The van der Waals surface area contributed by atoms with E-state index in [0.717, 1.165) is 0 Å². The molecule has 6 nitrogen and oxygen atoms in total. The molecule has 0 aromatic heterocycles. The second kappa shape index (κ2) is 9.05. The minimum absolute atomic E-state index is 0.00711. The molecule has 0 aliphatic carbocycles. The molecule has 132 valence electrons. The first-order valence-electron chi connectivity index (χ1n) is 7.86. The van der Waals surface area contributed by atoms with Crippen LogP contribution in [-0.4, -0.2) is 30.6 Å². The molecule has 0 fully saturated rings. The number of hydrogen-bond acceptors (Lipinski definition) is 6. The Morgan fingerprint density at radius 1 is 1.00 bits per heavy atom. The van der Waals surface area contributed by atoms with Gasteiger partial charge in [-0.25, -0.2) is 4.79 Å². The summed E-state index contributed by atoms with van der Waals surface area (Å²) in [6.45, 7) is 8.63. The molecule has 1 aromatic carbocycles. The van der Waals surface area contributed by atoms with Crippen LogP contribution >= 0.6 is 0 Å².